The number of benzene rings is 2. The molecule has 1 saturated carbocycles. The van der Waals surface area contributed by atoms with Crippen LogP contribution in [-0.2, 0) is 4.74 Å². The summed E-state index contributed by atoms with van der Waals surface area (Å²) in [6.45, 7) is 3.86. The number of halogens is 1. The number of hydrogen-bond acceptors (Lipinski definition) is 1. The number of ether oxygens (including phenoxy) is 1. The van der Waals surface area contributed by atoms with Crippen molar-refractivity contribution in [2.75, 3.05) is 13.2 Å². The Kier molecular flexibility index (Phi) is 7.58. The van der Waals surface area contributed by atoms with Crippen LogP contribution in [0.25, 0.3) is 11.1 Å². The first-order chi connectivity index (χ1) is 12.8. The van der Waals surface area contributed by atoms with Crippen LogP contribution < -0.4 is 0 Å². The average molecular weight is 371 g/mol. The maximum Gasteiger partial charge on any atom is 0.0465 e. The van der Waals surface area contributed by atoms with Gasteiger partial charge in [-0.25, -0.2) is 0 Å². The molecule has 0 aromatic heterocycles. The lowest BCUT2D eigenvalue weighted by Crippen LogP contribution is -2.13. The van der Waals surface area contributed by atoms with Crippen molar-refractivity contribution in [2.45, 2.75) is 57.8 Å². The lowest BCUT2D eigenvalue weighted by molar-refractivity contribution is 0.140. The molecule has 140 valence electrons. The van der Waals surface area contributed by atoms with Crippen LogP contribution in [0.5, 0.6) is 0 Å². The Balaban J connectivity index is 1.46. The topological polar surface area (TPSA) is 9.23 Å². The first-order valence-corrected chi connectivity index (χ1v) is 10.6. The number of unbranched alkanes of at least 4 members (excludes halogenated alkanes) is 1. The Hall–Kier alpha value is -1.31. The van der Waals surface area contributed by atoms with Gasteiger partial charge in [-0.3, -0.25) is 0 Å². The average Bonchev–Trinajstić information content (AvgIpc) is 2.69. The quantitative estimate of drug-likeness (QED) is 0.437. The standard InChI is InChI=1S/C24H31ClO/c1-2-26-18-4-3-5-19-6-8-20(9-7-19)21-10-12-22(13-11-21)23-14-16-24(25)17-15-23/h10-17,19-20H,2-9,18H2,1H3/t19-,20-. The zero-order chi connectivity index (χ0) is 18.2. The Labute approximate surface area is 163 Å². The molecule has 0 spiro atoms. The monoisotopic (exact) mass is 370 g/mol. The Morgan fingerprint density at radius 2 is 1.46 bits per heavy atom. The number of hydrogen-bond donors (Lipinski definition) is 0. The van der Waals surface area contributed by atoms with E-state index in [0.29, 0.717) is 0 Å². The van der Waals surface area contributed by atoms with Gasteiger partial charge >= 0.3 is 0 Å². The SMILES string of the molecule is CCOCCCC[C@H]1CC[C@H](c2ccc(-c3ccc(Cl)cc3)cc2)CC1. The van der Waals surface area contributed by atoms with E-state index in [2.05, 4.69) is 43.3 Å². The highest BCUT2D eigenvalue weighted by Crippen LogP contribution is 2.38. The van der Waals surface area contributed by atoms with E-state index in [0.717, 1.165) is 30.1 Å². The summed E-state index contributed by atoms with van der Waals surface area (Å²) < 4.78 is 5.44. The van der Waals surface area contributed by atoms with E-state index >= 15 is 0 Å². The fourth-order valence-electron chi connectivity index (χ4n) is 4.16. The summed E-state index contributed by atoms with van der Waals surface area (Å²) in [5, 5.41) is 0.792. The van der Waals surface area contributed by atoms with Gasteiger partial charge in [0.25, 0.3) is 0 Å². The molecule has 2 aromatic rings. The van der Waals surface area contributed by atoms with Crippen molar-refractivity contribution in [2.24, 2.45) is 5.92 Å². The summed E-state index contributed by atoms with van der Waals surface area (Å²) in [6.07, 6.45) is 9.39. The van der Waals surface area contributed by atoms with Gasteiger partial charge in [0.2, 0.25) is 0 Å². The molecule has 1 nitrogen and oxygen atoms in total. The first kappa shape index (κ1) is 19.5. The maximum atomic E-state index is 5.99. The molecule has 0 N–H and O–H groups in total. The molecule has 0 aliphatic heterocycles. The Morgan fingerprint density at radius 3 is 2.08 bits per heavy atom. The predicted octanol–water partition coefficient (Wildman–Crippen LogP) is 7.49. The summed E-state index contributed by atoms with van der Waals surface area (Å²) in [5.74, 6) is 1.68. The van der Waals surface area contributed by atoms with Gasteiger partial charge in [0.1, 0.15) is 0 Å². The van der Waals surface area contributed by atoms with Crippen LogP contribution in [0.4, 0.5) is 0 Å². The second-order valence-electron chi connectivity index (χ2n) is 7.54. The van der Waals surface area contributed by atoms with Crippen molar-refractivity contribution in [3.63, 3.8) is 0 Å². The lowest BCUT2D eigenvalue weighted by Gasteiger charge is -2.29. The van der Waals surface area contributed by atoms with Gasteiger partial charge < -0.3 is 4.74 Å². The fourth-order valence-corrected chi connectivity index (χ4v) is 4.28. The molecule has 3 rings (SSSR count). The predicted molar refractivity (Wildman–Crippen MR) is 112 cm³/mol. The molecule has 2 aromatic carbocycles. The molecule has 0 radical (unpaired) electrons. The van der Waals surface area contributed by atoms with E-state index in [1.54, 1.807) is 0 Å². The van der Waals surface area contributed by atoms with E-state index in [4.69, 9.17) is 16.3 Å². The van der Waals surface area contributed by atoms with Gasteiger partial charge in [0.05, 0.1) is 0 Å². The molecule has 26 heavy (non-hydrogen) atoms. The summed E-state index contributed by atoms with van der Waals surface area (Å²) >= 11 is 5.99. The van der Waals surface area contributed by atoms with Crippen molar-refractivity contribution < 1.29 is 4.74 Å². The molecule has 1 aliphatic rings. The third-order valence-corrected chi connectivity index (χ3v) is 6.01. The zero-order valence-corrected chi connectivity index (χ0v) is 16.7. The normalized spacial score (nSPS) is 20.2. The van der Waals surface area contributed by atoms with Crippen LogP contribution >= 0.6 is 11.6 Å². The minimum Gasteiger partial charge on any atom is -0.382 e. The van der Waals surface area contributed by atoms with Crippen LogP contribution in [0.3, 0.4) is 0 Å². The summed E-state index contributed by atoms with van der Waals surface area (Å²) in [4.78, 5) is 0. The van der Waals surface area contributed by atoms with Crippen LogP contribution in [0, 0.1) is 5.92 Å². The highest BCUT2D eigenvalue weighted by atomic mass is 35.5. The van der Waals surface area contributed by atoms with E-state index < -0.39 is 0 Å². The van der Waals surface area contributed by atoms with Crippen LogP contribution in [-0.4, -0.2) is 13.2 Å². The van der Waals surface area contributed by atoms with Gasteiger partial charge in [0, 0.05) is 18.2 Å². The molecule has 2 heteroatoms. The lowest BCUT2D eigenvalue weighted by atomic mass is 9.77. The van der Waals surface area contributed by atoms with Gasteiger partial charge in [-0.2, -0.15) is 0 Å². The number of rotatable bonds is 8. The second kappa shape index (κ2) is 10.1. The van der Waals surface area contributed by atoms with Gasteiger partial charge in [-0.15, -0.1) is 0 Å². The molecule has 0 atom stereocenters. The minimum atomic E-state index is 0.744. The Bertz CT molecular complexity index is 639. The van der Waals surface area contributed by atoms with Gasteiger partial charge in [-0.05, 0) is 79.7 Å². The third-order valence-electron chi connectivity index (χ3n) is 5.76. The largest absolute Gasteiger partial charge is 0.382 e. The van der Waals surface area contributed by atoms with Crippen LogP contribution in [0.15, 0.2) is 48.5 Å². The first-order valence-electron chi connectivity index (χ1n) is 10.2. The molecule has 0 heterocycles. The molecule has 1 fully saturated rings. The van der Waals surface area contributed by atoms with E-state index in [9.17, 15) is 0 Å². The summed E-state index contributed by atoms with van der Waals surface area (Å²) in [5.41, 5.74) is 4.02. The highest BCUT2D eigenvalue weighted by Gasteiger charge is 2.22. The zero-order valence-electron chi connectivity index (χ0n) is 15.9. The van der Waals surface area contributed by atoms with Gasteiger partial charge in [0.15, 0.2) is 0 Å². The molecule has 1 aliphatic carbocycles. The van der Waals surface area contributed by atoms with Crippen molar-refractivity contribution in [3.05, 3.63) is 59.1 Å². The van der Waals surface area contributed by atoms with Crippen molar-refractivity contribution in [1.29, 1.82) is 0 Å². The maximum absolute atomic E-state index is 5.99. The molecule has 0 bridgehead atoms. The van der Waals surface area contributed by atoms with Crippen LogP contribution in [0.1, 0.15) is 63.4 Å². The van der Waals surface area contributed by atoms with Crippen molar-refractivity contribution >= 4 is 11.6 Å². The molecule has 0 saturated heterocycles. The van der Waals surface area contributed by atoms with E-state index in [-0.39, 0.29) is 0 Å². The van der Waals surface area contributed by atoms with Crippen molar-refractivity contribution in [1.82, 2.24) is 0 Å². The Morgan fingerprint density at radius 1 is 0.846 bits per heavy atom. The molecular weight excluding hydrogens is 340 g/mol. The van der Waals surface area contributed by atoms with Gasteiger partial charge in [-0.1, -0.05) is 60.8 Å². The van der Waals surface area contributed by atoms with E-state index in [1.807, 2.05) is 12.1 Å². The van der Waals surface area contributed by atoms with Crippen LogP contribution in [0.2, 0.25) is 5.02 Å². The van der Waals surface area contributed by atoms with E-state index in [1.165, 1.54) is 61.6 Å². The third kappa shape index (κ3) is 5.59. The molecule has 0 amide bonds. The smallest absolute Gasteiger partial charge is 0.0465 e. The molecule has 0 unspecified atom stereocenters. The fraction of sp³-hybridized carbons (Fsp3) is 0.500. The highest BCUT2D eigenvalue weighted by molar-refractivity contribution is 6.30. The minimum absolute atomic E-state index is 0.744. The summed E-state index contributed by atoms with van der Waals surface area (Å²) in [7, 11) is 0. The summed E-state index contributed by atoms with van der Waals surface area (Å²) in [6, 6.07) is 17.3. The van der Waals surface area contributed by atoms with Crippen molar-refractivity contribution in [3.8, 4) is 11.1 Å². The molecular formula is C24H31ClO. The second-order valence-corrected chi connectivity index (χ2v) is 7.98.